The van der Waals surface area contributed by atoms with Gasteiger partial charge in [-0.25, -0.2) is 4.98 Å². The highest BCUT2D eigenvalue weighted by Crippen LogP contribution is 2.27. The number of fused-ring (bicyclic) bond motifs is 1. The molecule has 1 aromatic carbocycles. The van der Waals surface area contributed by atoms with Crippen molar-refractivity contribution in [3.8, 4) is 11.1 Å². The summed E-state index contributed by atoms with van der Waals surface area (Å²) < 4.78 is 5.40. The topological polar surface area (TPSA) is 41.8 Å². The highest BCUT2D eigenvalue weighted by molar-refractivity contribution is 5.89. The Morgan fingerprint density at radius 2 is 2.00 bits per heavy atom. The molecule has 2 heterocycles. The number of nitrogens with one attached hydrogen (secondary N) is 1. The molecule has 0 aliphatic heterocycles. The van der Waals surface area contributed by atoms with Gasteiger partial charge in [-0.05, 0) is 5.56 Å². The second-order valence-corrected chi connectivity index (χ2v) is 3.48. The lowest BCUT2D eigenvalue weighted by Gasteiger charge is -1.94. The summed E-state index contributed by atoms with van der Waals surface area (Å²) in [6.07, 6.45) is 1.93. The molecule has 0 fully saturated rings. The molecule has 0 atom stereocenters. The molecule has 0 amide bonds. The third-order valence-corrected chi connectivity index (χ3v) is 2.42. The molecule has 0 saturated carbocycles. The molecule has 0 aliphatic rings. The van der Waals surface area contributed by atoms with Gasteiger partial charge in [0.25, 0.3) is 0 Å². The van der Waals surface area contributed by atoms with Gasteiger partial charge in [-0.15, -0.1) is 0 Å². The molecular weight excluding hydrogens is 188 g/mol. The Hall–Kier alpha value is -2.03. The molecule has 15 heavy (non-hydrogen) atoms. The summed E-state index contributed by atoms with van der Waals surface area (Å²) in [4.78, 5) is 7.43. The van der Waals surface area contributed by atoms with Crippen LogP contribution in [0.1, 0.15) is 5.89 Å². The first-order valence-electron chi connectivity index (χ1n) is 4.84. The molecule has 74 valence electrons. The Morgan fingerprint density at radius 1 is 1.20 bits per heavy atom. The van der Waals surface area contributed by atoms with E-state index in [2.05, 4.69) is 22.1 Å². The number of hydrogen-bond acceptors (Lipinski definition) is 2. The van der Waals surface area contributed by atoms with E-state index in [1.54, 1.807) is 0 Å². The van der Waals surface area contributed by atoms with Crippen LogP contribution in [0, 0.1) is 6.92 Å². The van der Waals surface area contributed by atoms with Crippen molar-refractivity contribution < 1.29 is 4.42 Å². The molecule has 0 saturated heterocycles. The minimum Gasteiger partial charge on any atom is -0.425 e. The number of aromatic amines is 1. The minimum absolute atomic E-state index is 0.689. The van der Waals surface area contributed by atoms with Gasteiger partial charge in [0, 0.05) is 18.7 Å². The van der Waals surface area contributed by atoms with Crippen molar-refractivity contribution >= 4 is 11.2 Å². The first-order valence-corrected chi connectivity index (χ1v) is 4.84. The van der Waals surface area contributed by atoms with Crippen molar-refractivity contribution in [3.05, 3.63) is 42.4 Å². The molecule has 3 heteroatoms. The maximum Gasteiger partial charge on any atom is 0.225 e. The highest BCUT2D eigenvalue weighted by Gasteiger charge is 2.10. The molecule has 3 aromatic rings. The Kier molecular flexibility index (Phi) is 1.65. The molecule has 0 unspecified atom stereocenters. The van der Waals surface area contributed by atoms with Crippen molar-refractivity contribution in [1.29, 1.82) is 0 Å². The van der Waals surface area contributed by atoms with Crippen LogP contribution in [0.3, 0.4) is 0 Å². The average molecular weight is 198 g/mol. The maximum absolute atomic E-state index is 5.40. The molecule has 0 aliphatic carbocycles. The molecule has 0 spiro atoms. The van der Waals surface area contributed by atoms with Gasteiger partial charge in [-0.2, -0.15) is 0 Å². The van der Waals surface area contributed by atoms with Crippen molar-refractivity contribution in [2.45, 2.75) is 6.92 Å². The summed E-state index contributed by atoms with van der Waals surface area (Å²) in [6.45, 7) is 1.85. The van der Waals surface area contributed by atoms with E-state index in [4.69, 9.17) is 4.42 Å². The molecule has 1 N–H and O–H groups in total. The predicted molar refractivity (Wildman–Crippen MR) is 58.5 cm³/mol. The van der Waals surface area contributed by atoms with Crippen LogP contribution >= 0.6 is 0 Å². The number of H-pyrrole nitrogens is 1. The van der Waals surface area contributed by atoms with Crippen LogP contribution in [0.15, 0.2) is 40.9 Å². The van der Waals surface area contributed by atoms with E-state index in [-0.39, 0.29) is 0 Å². The smallest absolute Gasteiger partial charge is 0.225 e. The number of rotatable bonds is 1. The van der Waals surface area contributed by atoms with E-state index in [1.807, 2.05) is 31.3 Å². The van der Waals surface area contributed by atoms with Crippen LogP contribution in [0.5, 0.6) is 0 Å². The lowest BCUT2D eigenvalue weighted by molar-refractivity contribution is 0.551. The van der Waals surface area contributed by atoms with E-state index in [9.17, 15) is 0 Å². The summed E-state index contributed by atoms with van der Waals surface area (Å²) >= 11 is 0. The van der Waals surface area contributed by atoms with Gasteiger partial charge in [-0.3, -0.25) is 0 Å². The highest BCUT2D eigenvalue weighted by atomic mass is 16.4. The number of nitrogens with zero attached hydrogens (tertiary/aromatic N) is 1. The zero-order chi connectivity index (χ0) is 10.3. The van der Waals surface area contributed by atoms with E-state index >= 15 is 0 Å². The Labute approximate surface area is 86.8 Å². The van der Waals surface area contributed by atoms with E-state index in [0.717, 1.165) is 22.4 Å². The van der Waals surface area contributed by atoms with Crippen molar-refractivity contribution in [1.82, 2.24) is 9.97 Å². The van der Waals surface area contributed by atoms with Gasteiger partial charge in [0.2, 0.25) is 5.71 Å². The molecule has 0 bridgehead atoms. The fraction of sp³-hybridized carbons (Fsp3) is 0.0833. The monoisotopic (exact) mass is 198 g/mol. The number of hydrogen-bond donors (Lipinski definition) is 1. The van der Waals surface area contributed by atoms with Gasteiger partial charge >= 0.3 is 0 Å². The van der Waals surface area contributed by atoms with Crippen LogP contribution in [-0.2, 0) is 0 Å². The van der Waals surface area contributed by atoms with Crippen LogP contribution in [0.25, 0.3) is 22.4 Å². The van der Waals surface area contributed by atoms with Gasteiger partial charge in [-0.1, -0.05) is 30.3 Å². The van der Waals surface area contributed by atoms with Gasteiger partial charge in [0.1, 0.15) is 5.52 Å². The summed E-state index contributed by atoms with van der Waals surface area (Å²) in [5.74, 6) is 0.689. The van der Waals surface area contributed by atoms with Gasteiger partial charge < -0.3 is 9.40 Å². The quantitative estimate of drug-likeness (QED) is 0.652. The first kappa shape index (κ1) is 8.29. The molecule has 3 rings (SSSR count). The number of aryl methyl sites for hydroxylation is 1. The van der Waals surface area contributed by atoms with Crippen molar-refractivity contribution in [3.63, 3.8) is 0 Å². The molecule has 2 aromatic heterocycles. The lowest BCUT2D eigenvalue weighted by Crippen LogP contribution is -1.75. The first-order chi connectivity index (χ1) is 7.34. The zero-order valence-electron chi connectivity index (χ0n) is 8.32. The second-order valence-electron chi connectivity index (χ2n) is 3.48. The van der Waals surface area contributed by atoms with Crippen molar-refractivity contribution in [2.24, 2.45) is 0 Å². The van der Waals surface area contributed by atoms with E-state index in [0.29, 0.717) is 5.89 Å². The normalized spacial score (nSPS) is 11.0. The summed E-state index contributed by atoms with van der Waals surface area (Å²) in [6, 6.07) is 10.2. The fourth-order valence-electron chi connectivity index (χ4n) is 1.75. The van der Waals surface area contributed by atoms with Crippen LogP contribution in [-0.4, -0.2) is 9.97 Å². The van der Waals surface area contributed by atoms with Crippen LogP contribution in [0.2, 0.25) is 0 Å². The maximum atomic E-state index is 5.40. The second kappa shape index (κ2) is 2.98. The predicted octanol–water partition coefficient (Wildman–Crippen LogP) is 3.13. The Balaban J connectivity index is 2.27. The van der Waals surface area contributed by atoms with Gasteiger partial charge in [0.05, 0.1) is 0 Å². The van der Waals surface area contributed by atoms with E-state index in [1.165, 1.54) is 0 Å². The number of aromatic nitrogens is 2. The number of benzene rings is 1. The van der Waals surface area contributed by atoms with Crippen LogP contribution < -0.4 is 0 Å². The Morgan fingerprint density at radius 3 is 2.80 bits per heavy atom. The van der Waals surface area contributed by atoms with E-state index < -0.39 is 0 Å². The third-order valence-electron chi connectivity index (χ3n) is 2.42. The fourth-order valence-corrected chi connectivity index (χ4v) is 1.75. The zero-order valence-corrected chi connectivity index (χ0v) is 8.32. The molecular formula is C12H10N2O. The molecule has 0 radical (unpaired) electrons. The lowest BCUT2D eigenvalue weighted by atomic mass is 10.1. The largest absolute Gasteiger partial charge is 0.425 e. The van der Waals surface area contributed by atoms with Crippen LogP contribution in [0.4, 0.5) is 0 Å². The number of oxazole rings is 1. The Bertz CT molecular complexity index is 592. The third kappa shape index (κ3) is 1.24. The summed E-state index contributed by atoms with van der Waals surface area (Å²) in [5, 5.41) is 0. The average Bonchev–Trinajstić information content (AvgIpc) is 2.77. The SMILES string of the molecule is Cc1nc2c(-c3ccccc3)c[nH]c2o1. The summed E-state index contributed by atoms with van der Waals surface area (Å²) in [5.41, 5.74) is 3.88. The van der Waals surface area contributed by atoms with Gasteiger partial charge in [0.15, 0.2) is 5.89 Å². The molecule has 3 nitrogen and oxygen atoms in total. The summed E-state index contributed by atoms with van der Waals surface area (Å²) in [7, 11) is 0. The minimum atomic E-state index is 0.689. The standard InChI is InChI=1S/C12H10N2O/c1-8-14-11-10(7-13-12(11)15-8)9-5-3-2-4-6-9/h2-7,13H,1H3. The van der Waals surface area contributed by atoms with Crippen molar-refractivity contribution in [2.75, 3.05) is 0 Å².